The molecule has 1 atom stereocenters. The van der Waals surface area contributed by atoms with Gasteiger partial charge in [0.2, 0.25) is 0 Å². The van der Waals surface area contributed by atoms with Crippen LogP contribution in [0.1, 0.15) is 17.0 Å². The average molecular weight is 359 g/mol. The molecule has 0 radical (unpaired) electrons. The topological polar surface area (TPSA) is 75.6 Å². The van der Waals surface area contributed by atoms with Crippen LogP contribution in [0.15, 0.2) is 41.7 Å². The summed E-state index contributed by atoms with van der Waals surface area (Å²) in [5, 5.41) is 11.6. The van der Waals surface area contributed by atoms with Crippen molar-refractivity contribution >= 4 is 11.8 Å². The Balaban J connectivity index is 2.62. The van der Waals surface area contributed by atoms with E-state index in [-0.39, 0.29) is 16.7 Å². The summed E-state index contributed by atoms with van der Waals surface area (Å²) in [7, 11) is 1.07. The summed E-state index contributed by atoms with van der Waals surface area (Å²) >= 11 is 0. The summed E-state index contributed by atoms with van der Waals surface area (Å²) in [4.78, 5) is 23.8. The van der Waals surface area contributed by atoms with E-state index in [4.69, 9.17) is 5.11 Å². The highest BCUT2D eigenvalue weighted by Crippen LogP contribution is 2.38. The summed E-state index contributed by atoms with van der Waals surface area (Å²) in [6.07, 6.45) is -2.62. The minimum atomic E-state index is -4.95. The first-order valence-electron chi connectivity index (χ1n) is 6.96. The number of dihydropyridines is 1. The van der Waals surface area contributed by atoms with Gasteiger partial charge in [0, 0.05) is 23.9 Å². The zero-order valence-corrected chi connectivity index (χ0v) is 12.9. The van der Waals surface area contributed by atoms with E-state index in [0.29, 0.717) is 12.1 Å². The van der Waals surface area contributed by atoms with E-state index in [9.17, 15) is 27.2 Å². The second-order valence-electron chi connectivity index (χ2n) is 5.11. The number of hydrogen-bond donors (Lipinski definition) is 2. The zero-order chi connectivity index (χ0) is 18.8. The lowest BCUT2D eigenvalue weighted by atomic mass is 9.81. The highest BCUT2D eigenvalue weighted by Gasteiger charge is 2.37. The average Bonchev–Trinajstić information content (AvgIpc) is 2.59. The molecule has 0 bridgehead atoms. The number of benzene rings is 1. The van der Waals surface area contributed by atoms with Crippen LogP contribution >= 0.6 is 0 Å². The molecule has 1 aliphatic heterocycles. The van der Waals surface area contributed by atoms with Crippen LogP contribution < -0.4 is 5.32 Å². The summed E-state index contributed by atoms with van der Waals surface area (Å²) in [6.45, 7) is -0.911. The molecule has 0 spiro atoms. The van der Waals surface area contributed by atoms with Crippen molar-refractivity contribution in [2.45, 2.75) is 12.1 Å². The minimum Gasteiger partial charge on any atom is -0.466 e. The summed E-state index contributed by atoms with van der Waals surface area (Å²) in [6, 6.07) is 2.17. The minimum absolute atomic E-state index is 0.139. The van der Waals surface area contributed by atoms with Crippen LogP contribution in [0.3, 0.4) is 0 Å². The molecular formula is C16H13F4NO4. The number of alkyl halides is 3. The molecule has 1 aromatic rings. The molecular weight excluding hydrogens is 346 g/mol. The predicted octanol–water partition coefficient (Wildman–Crippen LogP) is 2.03. The molecule has 1 heterocycles. The van der Waals surface area contributed by atoms with Crippen LogP contribution in [0.4, 0.5) is 17.6 Å². The number of Topliss-reactive ketones (excluding diaryl/α,β-unsaturated/α-hetero) is 1. The maximum atomic E-state index is 13.5. The van der Waals surface area contributed by atoms with E-state index in [1.54, 1.807) is 0 Å². The first kappa shape index (κ1) is 18.7. The van der Waals surface area contributed by atoms with Crippen molar-refractivity contribution < 1.29 is 37.0 Å². The molecule has 1 aromatic carbocycles. The fourth-order valence-electron chi connectivity index (χ4n) is 2.48. The van der Waals surface area contributed by atoms with Crippen LogP contribution in [0.25, 0.3) is 0 Å². The molecule has 0 saturated carbocycles. The van der Waals surface area contributed by atoms with Crippen molar-refractivity contribution in [3.8, 4) is 0 Å². The number of ether oxygens (including phenoxy) is 1. The quantitative estimate of drug-likeness (QED) is 0.636. The summed E-state index contributed by atoms with van der Waals surface area (Å²) in [5.41, 5.74) is -1.96. The molecule has 5 nitrogen and oxygen atoms in total. The molecule has 0 fully saturated rings. The highest BCUT2D eigenvalue weighted by atomic mass is 19.4. The SMILES string of the molecule is COC(=O)C1=CNC=C(C(=O)CO)C1c1ccc(F)c(C(F)(F)F)c1. The van der Waals surface area contributed by atoms with Gasteiger partial charge >= 0.3 is 12.1 Å². The molecule has 0 aliphatic carbocycles. The fraction of sp³-hybridized carbons (Fsp3) is 0.250. The number of nitrogens with one attached hydrogen (secondary N) is 1. The largest absolute Gasteiger partial charge is 0.466 e. The second kappa shape index (κ2) is 7.06. The second-order valence-corrected chi connectivity index (χ2v) is 5.11. The molecule has 134 valence electrons. The first-order valence-corrected chi connectivity index (χ1v) is 6.96. The van der Waals surface area contributed by atoms with E-state index in [2.05, 4.69) is 10.1 Å². The first-order chi connectivity index (χ1) is 11.7. The van der Waals surface area contributed by atoms with Crippen molar-refractivity contribution in [1.82, 2.24) is 5.32 Å². The molecule has 1 aliphatic rings. The van der Waals surface area contributed by atoms with Gasteiger partial charge < -0.3 is 15.2 Å². The van der Waals surface area contributed by atoms with E-state index in [1.165, 1.54) is 6.20 Å². The fourth-order valence-corrected chi connectivity index (χ4v) is 2.48. The van der Waals surface area contributed by atoms with Gasteiger partial charge in [0.25, 0.3) is 0 Å². The number of methoxy groups -OCH3 is 1. The summed E-state index contributed by atoms with van der Waals surface area (Å²) in [5.74, 6) is -4.40. The van der Waals surface area contributed by atoms with E-state index < -0.39 is 41.8 Å². The third kappa shape index (κ3) is 3.71. The Bertz CT molecular complexity index is 736. The Morgan fingerprint density at radius 2 is 1.88 bits per heavy atom. The Morgan fingerprint density at radius 3 is 2.44 bits per heavy atom. The third-order valence-corrected chi connectivity index (χ3v) is 3.62. The Morgan fingerprint density at radius 1 is 1.24 bits per heavy atom. The van der Waals surface area contributed by atoms with E-state index in [0.717, 1.165) is 19.4 Å². The number of esters is 1. The lowest BCUT2D eigenvalue weighted by Crippen LogP contribution is -2.27. The van der Waals surface area contributed by atoms with Crippen molar-refractivity contribution in [3.05, 3.63) is 58.7 Å². The monoisotopic (exact) mass is 359 g/mol. The number of hydrogen-bond acceptors (Lipinski definition) is 5. The van der Waals surface area contributed by atoms with Gasteiger partial charge in [-0.3, -0.25) is 4.79 Å². The van der Waals surface area contributed by atoms with Crippen molar-refractivity contribution in [3.63, 3.8) is 0 Å². The van der Waals surface area contributed by atoms with Gasteiger partial charge in [-0.25, -0.2) is 9.18 Å². The van der Waals surface area contributed by atoms with Gasteiger partial charge in [0.05, 0.1) is 18.2 Å². The Kier molecular flexibility index (Phi) is 5.27. The van der Waals surface area contributed by atoms with Crippen LogP contribution in [0.5, 0.6) is 0 Å². The number of halogens is 4. The van der Waals surface area contributed by atoms with Crippen molar-refractivity contribution in [2.75, 3.05) is 13.7 Å². The Hall–Kier alpha value is -2.68. The number of carbonyl (C=O) groups excluding carboxylic acids is 2. The zero-order valence-electron chi connectivity index (χ0n) is 12.9. The Labute approximate surface area is 139 Å². The van der Waals surface area contributed by atoms with E-state index in [1.807, 2.05) is 0 Å². The predicted molar refractivity (Wildman–Crippen MR) is 77.6 cm³/mol. The van der Waals surface area contributed by atoms with Gasteiger partial charge in [0.1, 0.15) is 12.4 Å². The van der Waals surface area contributed by atoms with Gasteiger partial charge in [-0.2, -0.15) is 13.2 Å². The number of ketones is 1. The van der Waals surface area contributed by atoms with Crippen LogP contribution in [0, 0.1) is 5.82 Å². The smallest absolute Gasteiger partial charge is 0.419 e. The molecule has 25 heavy (non-hydrogen) atoms. The van der Waals surface area contributed by atoms with Gasteiger partial charge in [-0.15, -0.1) is 0 Å². The molecule has 9 heteroatoms. The molecule has 0 saturated heterocycles. The van der Waals surface area contributed by atoms with Crippen LogP contribution in [-0.4, -0.2) is 30.6 Å². The number of carbonyl (C=O) groups is 2. The molecule has 0 amide bonds. The number of aliphatic hydroxyl groups is 1. The standard InChI is InChI=1S/C16H13F4NO4/c1-25-15(24)10-6-21-5-9(13(23)7-22)14(10)8-2-3-12(17)11(4-8)16(18,19)20/h2-6,14,21-22H,7H2,1H3. The number of rotatable bonds is 4. The van der Waals surface area contributed by atoms with E-state index >= 15 is 0 Å². The lowest BCUT2D eigenvalue weighted by Gasteiger charge is -2.25. The molecule has 0 aromatic heterocycles. The van der Waals surface area contributed by atoms with Crippen LogP contribution in [-0.2, 0) is 20.5 Å². The van der Waals surface area contributed by atoms with Crippen molar-refractivity contribution in [1.29, 1.82) is 0 Å². The highest BCUT2D eigenvalue weighted by molar-refractivity contribution is 6.02. The van der Waals surface area contributed by atoms with Gasteiger partial charge in [0.15, 0.2) is 5.78 Å². The molecule has 2 rings (SSSR count). The summed E-state index contributed by atoms with van der Waals surface area (Å²) < 4.78 is 57.0. The molecule has 2 N–H and O–H groups in total. The van der Waals surface area contributed by atoms with Crippen LogP contribution in [0.2, 0.25) is 0 Å². The maximum absolute atomic E-state index is 13.5. The lowest BCUT2D eigenvalue weighted by molar-refractivity contribution is -0.140. The number of aliphatic hydroxyl groups excluding tert-OH is 1. The van der Waals surface area contributed by atoms with Gasteiger partial charge in [-0.1, -0.05) is 6.07 Å². The normalized spacial score (nSPS) is 17.3. The molecule has 1 unspecified atom stereocenters. The maximum Gasteiger partial charge on any atom is 0.419 e. The van der Waals surface area contributed by atoms with Crippen molar-refractivity contribution in [2.24, 2.45) is 0 Å². The van der Waals surface area contributed by atoms with Gasteiger partial charge in [-0.05, 0) is 17.7 Å². The third-order valence-electron chi connectivity index (χ3n) is 3.62.